The normalized spacial score (nSPS) is 12.1. The Morgan fingerprint density at radius 2 is 0.719 bits per heavy atom. The molecule has 64 heavy (non-hydrogen) atoms. The summed E-state index contributed by atoms with van der Waals surface area (Å²) in [6.07, 6.45) is 0. The van der Waals surface area contributed by atoms with Gasteiger partial charge in [0, 0.05) is 90.0 Å². The molecule has 0 spiro atoms. The highest BCUT2D eigenvalue weighted by Crippen LogP contribution is 2.43. The fourth-order valence-electron chi connectivity index (χ4n) is 9.82. The largest absolute Gasteiger partial charge is 0.309 e. The van der Waals surface area contributed by atoms with Crippen LogP contribution in [0.5, 0.6) is 0 Å². The minimum absolute atomic E-state index is 0.652. The number of benzene rings is 9. The van der Waals surface area contributed by atoms with Gasteiger partial charge in [0.2, 0.25) is 0 Å². The Balaban J connectivity index is 0.936. The second-order valence-electron chi connectivity index (χ2n) is 16.4. The number of hydrogen-bond donors (Lipinski definition) is 0. The summed E-state index contributed by atoms with van der Waals surface area (Å²) in [4.78, 5) is 15.0. The molecule has 0 radical (unpaired) electrons. The fraction of sp³-hybridized carbons (Fsp3) is 0. The molecule has 5 aromatic heterocycles. The van der Waals surface area contributed by atoms with E-state index in [0.29, 0.717) is 17.5 Å². The SMILES string of the molecule is c1ccc(-c2nc(-c3ccccc3)nc(-c3ccc4sc5ccc(-n6c7ccccc7c7cc(-n8c9ccccc9c9cc%10sc%11ccccc%11c%10cc98)ccc76)cc5c4c3)n2)cc1. The Morgan fingerprint density at radius 1 is 0.266 bits per heavy atom. The van der Waals surface area contributed by atoms with E-state index < -0.39 is 0 Å². The Labute approximate surface area is 374 Å². The molecular weight excluding hydrogens is 819 g/mol. The van der Waals surface area contributed by atoms with E-state index in [1.54, 1.807) is 0 Å². The molecule has 0 atom stereocenters. The van der Waals surface area contributed by atoms with Gasteiger partial charge < -0.3 is 9.13 Å². The predicted molar refractivity (Wildman–Crippen MR) is 271 cm³/mol. The molecule has 7 heteroatoms. The first kappa shape index (κ1) is 35.6. The van der Waals surface area contributed by atoms with Crippen molar-refractivity contribution >= 4 is 107 Å². The van der Waals surface area contributed by atoms with E-state index in [2.05, 4.69) is 149 Å². The van der Waals surface area contributed by atoms with Crippen LogP contribution in [0, 0.1) is 0 Å². The Kier molecular flexibility index (Phi) is 7.66. The Hall–Kier alpha value is -7.97. The molecule has 0 bridgehead atoms. The molecule has 0 unspecified atom stereocenters. The zero-order valence-corrected chi connectivity index (χ0v) is 35.7. The maximum atomic E-state index is 5.05. The van der Waals surface area contributed by atoms with Crippen LogP contribution < -0.4 is 0 Å². The molecule has 5 nitrogen and oxygen atoms in total. The number of fused-ring (bicyclic) bond motifs is 12. The highest BCUT2D eigenvalue weighted by Gasteiger charge is 2.20. The minimum Gasteiger partial charge on any atom is -0.309 e. The molecule has 0 saturated carbocycles. The lowest BCUT2D eigenvalue weighted by Crippen LogP contribution is -2.00. The second-order valence-corrected chi connectivity index (χ2v) is 18.6. The lowest BCUT2D eigenvalue weighted by atomic mass is 10.1. The van der Waals surface area contributed by atoms with Crippen LogP contribution in [0.4, 0.5) is 0 Å². The van der Waals surface area contributed by atoms with Crippen LogP contribution >= 0.6 is 22.7 Å². The summed E-state index contributed by atoms with van der Waals surface area (Å²) in [7, 11) is 0. The molecule has 0 aliphatic heterocycles. The highest BCUT2D eigenvalue weighted by atomic mass is 32.1. The minimum atomic E-state index is 0.652. The lowest BCUT2D eigenvalue weighted by molar-refractivity contribution is 1.07. The molecule has 14 rings (SSSR count). The van der Waals surface area contributed by atoms with Crippen molar-refractivity contribution < 1.29 is 0 Å². The smallest absolute Gasteiger partial charge is 0.164 e. The van der Waals surface area contributed by atoms with Crippen molar-refractivity contribution in [3.05, 3.63) is 200 Å². The molecule has 0 amide bonds. The number of nitrogens with zero attached hydrogens (tertiary/aromatic N) is 5. The van der Waals surface area contributed by atoms with Gasteiger partial charge in [-0.1, -0.05) is 115 Å². The van der Waals surface area contributed by atoms with Crippen LogP contribution in [0.1, 0.15) is 0 Å². The third-order valence-corrected chi connectivity index (χ3v) is 15.0. The average Bonchev–Trinajstić information content (AvgIpc) is 4.10. The number of para-hydroxylation sites is 2. The first-order valence-corrected chi connectivity index (χ1v) is 23.1. The quantitative estimate of drug-likeness (QED) is 0.173. The third-order valence-electron chi connectivity index (χ3n) is 12.8. The molecule has 9 aromatic carbocycles. The topological polar surface area (TPSA) is 48.5 Å². The van der Waals surface area contributed by atoms with E-state index >= 15 is 0 Å². The molecule has 5 heterocycles. The van der Waals surface area contributed by atoms with Crippen LogP contribution in [0.3, 0.4) is 0 Å². The number of aromatic nitrogens is 5. The van der Waals surface area contributed by atoms with Gasteiger partial charge in [-0.2, -0.15) is 0 Å². The second kappa shape index (κ2) is 13.8. The van der Waals surface area contributed by atoms with Crippen LogP contribution in [0.15, 0.2) is 200 Å². The zero-order valence-electron chi connectivity index (χ0n) is 34.1. The average molecular weight is 852 g/mol. The standard InChI is InChI=1S/C57H33N5S2/c1-3-13-34(14-4-1)55-58-56(35-15-5-2-6-16-35)60-57(59-55)36-23-27-52-44(29-36)45-31-38(25-28-53(45)63-52)61-47-20-10-7-17-39(47)42-30-37(24-26-49(42)61)62-48-21-11-8-18-40(48)43-33-54-46(32-50(43)62)41-19-9-12-22-51(41)64-54/h1-33H. The summed E-state index contributed by atoms with van der Waals surface area (Å²) in [5.41, 5.74) is 9.92. The van der Waals surface area contributed by atoms with Crippen LogP contribution in [0.25, 0.3) is 129 Å². The van der Waals surface area contributed by atoms with Gasteiger partial charge in [-0.15, -0.1) is 22.7 Å². The first-order chi connectivity index (χ1) is 31.7. The Bertz CT molecular complexity index is 4140. The number of thiophene rings is 2. The molecule has 0 aliphatic carbocycles. The van der Waals surface area contributed by atoms with Crippen LogP contribution in [0.2, 0.25) is 0 Å². The van der Waals surface area contributed by atoms with Gasteiger partial charge in [0.1, 0.15) is 0 Å². The first-order valence-electron chi connectivity index (χ1n) is 21.4. The van der Waals surface area contributed by atoms with Gasteiger partial charge in [0.05, 0.1) is 22.1 Å². The van der Waals surface area contributed by atoms with Crippen LogP contribution in [-0.2, 0) is 0 Å². The van der Waals surface area contributed by atoms with Gasteiger partial charge in [0.25, 0.3) is 0 Å². The van der Waals surface area contributed by atoms with Crippen molar-refractivity contribution in [3.8, 4) is 45.5 Å². The van der Waals surface area contributed by atoms with E-state index in [-0.39, 0.29) is 0 Å². The molecule has 14 aromatic rings. The van der Waals surface area contributed by atoms with Crippen molar-refractivity contribution in [2.24, 2.45) is 0 Å². The zero-order chi connectivity index (χ0) is 41.9. The maximum absolute atomic E-state index is 5.05. The van der Waals surface area contributed by atoms with Crippen LogP contribution in [-0.4, -0.2) is 24.1 Å². The molecule has 298 valence electrons. The van der Waals surface area contributed by atoms with Gasteiger partial charge >= 0.3 is 0 Å². The third kappa shape index (κ3) is 5.38. The van der Waals surface area contributed by atoms with Gasteiger partial charge in [-0.3, -0.25) is 0 Å². The van der Waals surface area contributed by atoms with E-state index in [0.717, 1.165) is 28.1 Å². The molecule has 0 saturated heterocycles. The molecule has 0 aliphatic rings. The summed E-state index contributed by atoms with van der Waals surface area (Å²) >= 11 is 3.69. The van der Waals surface area contributed by atoms with E-state index in [4.69, 9.17) is 15.0 Å². The van der Waals surface area contributed by atoms with E-state index in [1.165, 1.54) is 84.0 Å². The summed E-state index contributed by atoms with van der Waals surface area (Å²) in [6.45, 7) is 0. The molecule has 0 fully saturated rings. The summed E-state index contributed by atoms with van der Waals surface area (Å²) in [5, 5.41) is 10.00. The van der Waals surface area contributed by atoms with Crippen molar-refractivity contribution in [1.82, 2.24) is 24.1 Å². The van der Waals surface area contributed by atoms with Crippen molar-refractivity contribution in [3.63, 3.8) is 0 Å². The fourth-order valence-corrected chi connectivity index (χ4v) is 12.0. The number of hydrogen-bond acceptors (Lipinski definition) is 5. The molecular formula is C57H33N5S2. The number of rotatable bonds is 5. The van der Waals surface area contributed by atoms with Crippen molar-refractivity contribution in [2.75, 3.05) is 0 Å². The summed E-state index contributed by atoms with van der Waals surface area (Å²) < 4.78 is 9.99. The summed E-state index contributed by atoms with van der Waals surface area (Å²) in [6, 6.07) is 72.1. The van der Waals surface area contributed by atoms with Crippen molar-refractivity contribution in [1.29, 1.82) is 0 Å². The highest BCUT2D eigenvalue weighted by molar-refractivity contribution is 7.26. The van der Waals surface area contributed by atoms with E-state index in [1.807, 2.05) is 83.3 Å². The van der Waals surface area contributed by atoms with E-state index in [9.17, 15) is 0 Å². The lowest BCUT2D eigenvalue weighted by Gasteiger charge is -2.11. The Morgan fingerprint density at radius 3 is 1.41 bits per heavy atom. The molecule has 0 N–H and O–H groups in total. The summed E-state index contributed by atoms with van der Waals surface area (Å²) in [5.74, 6) is 1.96. The van der Waals surface area contributed by atoms with Gasteiger partial charge in [-0.05, 0) is 84.9 Å². The predicted octanol–water partition coefficient (Wildman–Crippen LogP) is 15.8. The van der Waals surface area contributed by atoms with Gasteiger partial charge in [-0.25, -0.2) is 15.0 Å². The monoisotopic (exact) mass is 851 g/mol. The maximum Gasteiger partial charge on any atom is 0.164 e. The van der Waals surface area contributed by atoms with Gasteiger partial charge in [0.15, 0.2) is 17.5 Å². The van der Waals surface area contributed by atoms with Crippen molar-refractivity contribution in [2.45, 2.75) is 0 Å².